The summed E-state index contributed by atoms with van der Waals surface area (Å²) in [5.74, 6) is -0.430. The minimum Gasteiger partial charge on any atom is -0.497 e. The number of aromatic nitrogens is 4. The molecule has 2 aromatic heterocycles. The molecule has 0 saturated heterocycles. The van der Waals surface area contributed by atoms with E-state index in [1.54, 1.807) is 19.2 Å². The molecule has 0 fully saturated rings. The van der Waals surface area contributed by atoms with Crippen LogP contribution < -0.4 is 15.7 Å². The van der Waals surface area contributed by atoms with Gasteiger partial charge in [0.25, 0.3) is 11.5 Å². The van der Waals surface area contributed by atoms with Gasteiger partial charge in [-0.05, 0) is 77.9 Å². The van der Waals surface area contributed by atoms with Gasteiger partial charge in [0.2, 0.25) is 0 Å². The molecule has 2 N–H and O–H groups in total. The predicted octanol–water partition coefficient (Wildman–Crippen LogP) is 4.62. The van der Waals surface area contributed by atoms with E-state index in [9.17, 15) is 18.4 Å². The molecule has 0 radical (unpaired) electrons. The van der Waals surface area contributed by atoms with Crippen LogP contribution in [-0.2, 0) is 4.79 Å². The molecule has 0 saturated carbocycles. The molecule has 3 heterocycles. The van der Waals surface area contributed by atoms with Gasteiger partial charge in [-0.3, -0.25) is 15.0 Å². The van der Waals surface area contributed by atoms with Crippen LogP contribution in [-0.4, -0.2) is 43.5 Å². The standard InChI is InChI=1S/C29H22F2N6O3S/c1-40-22-12-4-17(5-13-22)24-14-25(18-2-6-19(30)7-3-18)37(35-24)26(38)16-41-29-33-27-23(28(39)34-29)15-32-36(27)21-10-8-20(31)9-11-21/h2-15,25,35H,16H2,1H3,(H,33,34,39). The number of fused-ring (bicyclic) bond motifs is 1. The molecule has 1 aliphatic heterocycles. The molecule has 1 atom stereocenters. The van der Waals surface area contributed by atoms with Gasteiger partial charge in [0.15, 0.2) is 10.8 Å². The third kappa shape index (κ3) is 5.29. The van der Waals surface area contributed by atoms with Gasteiger partial charge >= 0.3 is 0 Å². The topological polar surface area (TPSA) is 105 Å². The zero-order chi connectivity index (χ0) is 28.5. The third-order valence-electron chi connectivity index (χ3n) is 6.54. The number of ether oxygens (including phenoxy) is 1. The molecule has 9 nitrogen and oxygen atoms in total. The lowest BCUT2D eigenvalue weighted by molar-refractivity contribution is -0.131. The lowest BCUT2D eigenvalue weighted by Gasteiger charge is -2.25. The lowest BCUT2D eigenvalue weighted by atomic mass is 10.0. The third-order valence-corrected chi connectivity index (χ3v) is 7.40. The van der Waals surface area contributed by atoms with Crippen LogP contribution in [0.2, 0.25) is 0 Å². The van der Waals surface area contributed by atoms with Gasteiger partial charge < -0.3 is 9.72 Å². The number of methoxy groups -OCH3 is 1. The highest BCUT2D eigenvalue weighted by molar-refractivity contribution is 7.99. The lowest BCUT2D eigenvalue weighted by Crippen LogP contribution is -2.40. The largest absolute Gasteiger partial charge is 0.497 e. The molecule has 1 amide bonds. The van der Waals surface area contributed by atoms with E-state index in [1.807, 2.05) is 30.3 Å². The summed E-state index contributed by atoms with van der Waals surface area (Å²) >= 11 is 1.06. The van der Waals surface area contributed by atoms with Gasteiger partial charge in [0.1, 0.15) is 22.8 Å². The first kappa shape index (κ1) is 26.3. The fraction of sp³-hybridized carbons (Fsp3) is 0.103. The smallest absolute Gasteiger partial charge is 0.262 e. The Bertz CT molecular complexity index is 1820. The van der Waals surface area contributed by atoms with Crippen molar-refractivity contribution in [2.45, 2.75) is 11.2 Å². The molecule has 0 spiro atoms. The number of nitrogens with one attached hydrogen (secondary N) is 2. The Morgan fingerprint density at radius 3 is 2.37 bits per heavy atom. The summed E-state index contributed by atoms with van der Waals surface area (Å²) in [4.78, 5) is 33.4. The summed E-state index contributed by atoms with van der Waals surface area (Å²) in [6.07, 6.45) is 3.28. The minimum absolute atomic E-state index is 0.0619. The number of rotatable bonds is 7. The zero-order valence-corrected chi connectivity index (χ0v) is 22.4. The summed E-state index contributed by atoms with van der Waals surface area (Å²) < 4.78 is 33.7. The van der Waals surface area contributed by atoms with E-state index in [-0.39, 0.29) is 33.7 Å². The van der Waals surface area contributed by atoms with E-state index >= 15 is 0 Å². The SMILES string of the molecule is COc1ccc(C2=CC(c3ccc(F)cc3)N(C(=O)CSc3nc4c(cnn4-c4ccc(F)cc4)c(=O)[nH]3)N2)cc1. The van der Waals surface area contributed by atoms with Gasteiger partial charge in [0.05, 0.1) is 36.5 Å². The Hall–Kier alpha value is -4.97. The number of thioether (sulfide) groups is 1. The molecule has 0 bridgehead atoms. The summed E-state index contributed by atoms with van der Waals surface area (Å²) in [7, 11) is 1.58. The number of hydrogen-bond donors (Lipinski definition) is 2. The second-order valence-electron chi connectivity index (χ2n) is 9.11. The maximum Gasteiger partial charge on any atom is 0.262 e. The first-order valence-electron chi connectivity index (χ1n) is 12.5. The fourth-order valence-corrected chi connectivity index (χ4v) is 5.18. The van der Waals surface area contributed by atoms with Crippen molar-refractivity contribution in [3.05, 3.63) is 118 Å². The van der Waals surface area contributed by atoms with Crippen molar-refractivity contribution < 1.29 is 18.3 Å². The number of aromatic amines is 1. The van der Waals surface area contributed by atoms with Crippen molar-refractivity contribution in [2.24, 2.45) is 0 Å². The highest BCUT2D eigenvalue weighted by atomic mass is 32.2. The maximum atomic E-state index is 13.6. The average Bonchev–Trinajstić information content (AvgIpc) is 3.63. The quantitative estimate of drug-likeness (QED) is 0.217. The van der Waals surface area contributed by atoms with E-state index < -0.39 is 17.4 Å². The number of H-pyrrole nitrogens is 1. The monoisotopic (exact) mass is 572 g/mol. The number of hydrogen-bond acceptors (Lipinski definition) is 7. The van der Waals surface area contributed by atoms with Crippen molar-refractivity contribution >= 4 is 34.4 Å². The van der Waals surface area contributed by atoms with Crippen LogP contribution in [0.25, 0.3) is 22.4 Å². The summed E-state index contributed by atoms with van der Waals surface area (Å²) in [5.41, 5.74) is 5.84. The second kappa shape index (κ2) is 10.9. The van der Waals surface area contributed by atoms with Gasteiger partial charge in [-0.1, -0.05) is 23.9 Å². The minimum atomic E-state index is -0.504. The van der Waals surface area contributed by atoms with Crippen molar-refractivity contribution in [1.29, 1.82) is 0 Å². The highest BCUT2D eigenvalue weighted by Crippen LogP contribution is 2.33. The van der Waals surface area contributed by atoms with Crippen molar-refractivity contribution in [1.82, 2.24) is 30.2 Å². The number of benzene rings is 3. The molecule has 6 rings (SSSR count). The highest BCUT2D eigenvalue weighted by Gasteiger charge is 2.31. The van der Waals surface area contributed by atoms with E-state index in [0.717, 1.165) is 22.9 Å². The van der Waals surface area contributed by atoms with Crippen LogP contribution in [0.1, 0.15) is 17.2 Å². The normalized spacial score (nSPS) is 14.7. The fourth-order valence-electron chi connectivity index (χ4n) is 4.46. The van der Waals surface area contributed by atoms with Crippen molar-refractivity contribution in [2.75, 3.05) is 12.9 Å². The molecule has 41 heavy (non-hydrogen) atoms. The molecule has 0 aliphatic carbocycles. The summed E-state index contributed by atoms with van der Waals surface area (Å²) in [6.45, 7) is 0. The Morgan fingerprint density at radius 1 is 1.00 bits per heavy atom. The van der Waals surface area contributed by atoms with Crippen LogP contribution in [0.4, 0.5) is 8.78 Å². The number of halogens is 2. The first-order chi connectivity index (χ1) is 19.9. The summed E-state index contributed by atoms with van der Waals surface area (Å²) in [5, 5.41) is 6.18. The molecule has 206 valence electrons. The predicted molar refractivity (Wildman–Crippen MR) is 150 cm³/mol. The molecular weight excluding hydrogens is 550 g/mol. The molecule has 3 aromatic carbocycles. The van der Waals surface area contributed by atoms with E-state index in [1.165, 1.54) is 52.3 Å². The van der Waals surface area contributed by atoms with E-state index in [4.69, 9.17) is 4.74 Å². The van der Waals surface area contributed by atoms with Crippen LogP contribution in [0, 0.1) is 11.6 Å². The van der Waals surface area contributed by atoms with E-state index in [2.05, 4.69) is 20.5 Å². The summed E-state index contributed by atoms with van der Waals surface area (Å²) in [6, 6.07) is 18.5. The number of carbonyl (C=O) groups is 1. The Balaban J connectivity index is 1.25. The molecule has 1 unspecified atom stereocenters. The Morgan fingerprint density at radius 2 is 1.68 bits per heavy atom. The van der Waals surface area contributed by atoms with Gasteiger partial charge in [0, 0.05) is 0 Å². The molecule has 1 aliphatic rings. The Labute approximate surface area is 236 Å². The van der Waals surface area contributed by atoms with Crippen LogP contribution in [0.5, 0.6) is 5.75 Å². The van der Waals surface area contributed by atoms with Crippen molar-refractivity contribution in [3.63, 3.8) is 0 Å². The van der Waals surface area contributed by atoms with Crippen LogP contribution >= 0.6 is 11.8 Å². The molecule has 12 heteroatoms. The zero-order valence-electron chi connectivity index (χ0n) is 21.5. The number of carbonyl (C=O) groups excluding carboxylic acids is 1. The molecular formula is C29H22F2N6O3S. The number of amides is 1. The number of hydrazine groups is 1. The number of nitrogens with zero attached hydrogens (tertiary/aromatic N) is 4. The van der Waals surface area contributed by atoms with Crippen molar-refractivity contribution in [3.8, 4) is 11.4 Å². The average molecular weight is 573 g/mol. The Kier molecular flexibility index (Phi) is 6.98. The maximum absolute atomic E-state index is 13.6. The molecule has 5 aromatic rings. The second-order valence-corrected chi connectivity index (χ2v) is 10.1. The van der Waals surface area contributed by atoms with Gasteiger partial charge in [-0.2, -0.15) is 5.10 Å². The van der Waals surface area contributed by atoms with Crippen LogP contribution in [0.3, 0.4) is 0 Å². The van der Waals surface area contributed by atoms with Gasteiger partial charge in [-0.15, -0.1) is 0 Å². The van der Waals surface area contributed by atoms with Crippen LogP contribution in [0.15, 0.2) is 95.0 Å². The van der Waals surface area contributed by atoms with Gasteiger partial charge in [-0.25, -0.2) is 23.5 Å². The first-order valence-corrected chi connectivity index (χ1v) is 13.5. The van der Waals surface area contributed by atoms with E-state index in [0.29, 0.717) is 17.1 Å².